The predicted molar refractivity (Wildman–Crippen MR) is 70.1 cm³/mol. The highest BCUT2D eigenvalue weighted by Gasteiger charge is 2.08. The first-order chi connectivity index (χ1) is 7.06. The zero-order chi connectivity index (χ0) is 11.6. The summed E-state index contributed by atoms with van der Waals surface area (Å²) in [5, 5.41) is 0. The minimum atomic E-state index is 0.0428. The highest BCUT2D eigenvalue weighted by Crippen LogP contribution is 2.13. The molecule has 0 aromatic rings. The molecular weight excluding hydrogens is 182 g/mol. The van der Waals surface area contributed by atoms with E-state index in [4.69, 9.17) is 5.73 Å². The van der Waals surface area contributed by atoms with Gasteiger partial charge in [-0.2, -0.15) is 0 Å². The Labute approximate surface area is 96.8 Å². The lowest BCUT2D eigenvalue weighted by atomic mass is 9.97. The molecule has 0 aromatic carbocycles. The monoisotopic (exact) mass is 213 g/mol. The molecule has 0 rings (SSSR count). The summed E-state index contributed by atoms with van der Waals surface area (Å²) < 4.78 is 0. The van der Waals surface area contributed by atoms with Crippen molar-refractivity contribution in [1.82, 2.24) is 0 Å². The molecule has 0 aliphatic heterocycles. The Morgan fingerprint density at radius 3 is 1.53 bits per heavy atom. The van der Waals surface area contributed by atoms with Crippen LogP contribution >= 0.6 is 0 Å². The summed E-state index contributed by atoms with van der Waals surface area (Å²) in [6.07, 6.45) is 13.8. The number of hydrogen-bond acceptors (Lipinski definition) is 1. The fourth-order valence-corrected chi connectivity index (χ4v) is 1.89. The largest absolute Gasteiger partial charge is 0.326 e. The second-order valence-electron chi connectivity index (χ2n) is 5.57. The van der Waals surface area contributed by atoms with E-state index in [0.29, 0.717) is 0 Å². The summed E-state index contributed by atoms with van der Waals surface area (Å²) in [5.41, 5.74) is 5.97. The van der Waals surface area contributed by atoms with Crippen molar-refractivity contribution in [3.63, 3.8) is 0 Å². The van der Waals surface area contributed by atoms with Crippen LogP contribution in [0.5, 0.6) is 0 Å². The van der Waals surface area contributed by atoms with Gasteiger partial charge >= 0.3 is 0 Å². The van der Waals surface area contributed by atoms with Gasteiger partial charge in [0.1, 0.15) is 0 Å². The van der Waals surface area contributed by atoms with Crippen LogP contribution in [0.25, 0.3) is 0 Å². The van der Waals surface area contributed by atoms with E-state index in [1.165, 1.54) is 64.2 Å². The number of rotatable bonds is 10. The van der Waals surface area contributed by atoms with Crippen LogP contribution in [0.2, 0.25) is 0 Å². The molecule has 0 saturated carbocycles. The molecule has 2 N–H and O–H groups in total. The maximum Gasteiger partial charge on any atom is 0.00970 e. The van der Waals surface area contributed by atoms with Crippen molar-refractivity contribution in [1.29, 1.82) is 0 Å². The van der Waals surface area contributed by atoms with Gasteiger partial charge in [0.25, 0.3) is 0 Å². The molecule has 0 unspecified atom stereocenters. The molecule has 0 aliphatic carbocycles. The normalized spacial score (nSPS) is 12.0. The maximum absolute atomic E-state index is 5.93. The highest BCUT2D eigenvalue weighted by atomic mass is 14.7. The minimum absolute atomic E-state index is 0.0428. The molecule has 0 amide bonds. The van der Waals surface area contributed by atoms with E-state index in [0.717, 1.165) is 0 Å². The topological polar surface area (TPSA) is 26.0 Å². The van der Waals surface area contributed by atoms with Gasteiger partial charge in [0, 0.05) is 5.54 Å². The van der Waals surface area contributed by atoms with Crippen LogP contribution in [0.1, 0.15) is 85.0 Å². The van der Waals surface area contributed by atoms with Gasteiger partial charge in [0.2, 0.25) is 0 Å². The third kappa shape index (κ3) is 14.0. The molecule has 0 bridgehead atoms. The quantitative estimate of drug-likeness (QED) is 0.525. The Bertz CT molecular complexity index is 124. The van der Waals surface area contributed by atoms with Crippen molar-refractivity contribution in [2.75, 3.05) is 0 Å². The van der Waals surface area contributed by atoms with Crippen molar-refractivity contribution in [2.45, 2.75) is 90.5 Å². The van der Waals surface area contributed by atoms with Crippen molar-refractivity contribution in [3.05, 3.63) is 0 Å². The first-order valence-corrected chi connectivity index (χ1v) is 6.85. The van der Waals surface area contributed by atoms with Crippen LogP contribution in [-0.2, 0) is 0 Å². The number of nitrogens with two attached hydrogens (primary N) is 1. The molecule has 0 spiro atoms. The van der Waals surface area contributed by atoms with Crippen LogP contribution in [0.4, 0.5) is 0 Å². The van der Waals surface area contributed by atoms with E-state index in [-0.39, 0.29) is 5.54 Å². The van der Waals surface area contributed by atoms with Crippen LogP contribution in [0, 0.1) is 0 Å². The van der Waals surface area contributed by atoms with Gasteiger partial charge in [-0.3, -0.25) is 0 Å². The van der Waals surface area contributed by atoms with E-state index in [2.05, 4.69) is 20.8 Å². The van der Waals surface area contributed by atoms with E-state index < -0.39 is 0 Å². The van der Waals surface area contributed by atoms with Crippen molar-refractivity contribution >= 4 is 0 Å². The van der Waals surface area contributed by atoms with Gasteiger partial charge in [-0.25, -0.2) is 0 Å². The SMILES string of the molecule is CCCCCCCCCCCC(C)(C)N. The molecule has 1 heteroatoms. The number of unbranched alkanes of at least 4 members (excludes halogenated alkanes) is 8. The molecule has 0 aliphatic rings. The Hall–Kier alpha value is -0.0400. The third-order valence-electron chi connectivity index (χ3n) is 2.92. The Balaban J connectivity index is 2.99. The molecule has 0 radical (unpaired) electrons. The lowest BCUT2D eigenvalue weighted by Gasteiger charge is -2.17. The Kier molecular flexibility index (Phi) is 9.18. The van der Waals surface area contributed by atoms with Gasteiger partial charge in [0.15, 0.2) is 0 Å². The van der Waals surface area contributed by atoms with E-state index in [9.17, 15) is 0 Å². The average molecular weight is 213 g/mol. The summed E-state index contributed by atoms with van der Waals surface area (Å²) in [6, 6.07) is 0. The second-order valence-corrected chi connectivity index (χ2v) is 5.57. The van der Waals surface area contributed by atoms with Crippen LogP contribution in [0.15, 0.2) is 0 Å². The zero-order valence-corrected chi connectivity index (χ0v) is 11.1. The number of hydrogen-bond donors (Lipinski definition) is 1. The summed E-state index contributed by atoms with van der Waals surface area (Å²) in [5.74, 6) is 0. The molecule has 0 saturated heterocycles. The van der Waals surface area contributed by atoms with Gasteiger partial charge in [-0.05, 0) is 20.3 Å². The molecular formula is C14H31N. The molecule has 92 valence electrons. The fourth-order valence-electron chi connectivity index (χ4n) is 1.89. The predicted octanol–water partition coefficient (Wildman–Crippen LogP) is 4.64. The van der Waals surface area contributed by atoms with E-state index in [1.807, 2.05) is 0 Å². The zero-order valence-electron chi connectivity index (χ0n) is 11.1. The summed E-state index contributed by atoms with van der Waals surface area (Å²) in [7, 11) is 0. The molecule has 0 fully saturated rings. The maximum atomic E-state index is 5.93. The van der Waals surface area contributed by atoms with Crippen molar-refractivity contribution < 1.29 is 0 Å². The third-order valence-corrected chi connectivity index (χ3v) is 2.92. The van der Waals surface area contributed by atoms with Gasteiger partial charge in [-0.15, -0.1) is 0 Å². The lowest BCUT2D eigenvalue weighted by Crippen LogP contribution is -2.31. The molecule has 1 nitrogen and oxygen atoms in total. The molecule has 0 aromatic heterocycles. The van der Waals surface area contributed by atoms with Crippen LogP contribution in [-0.4, -0.2) is 5.54 Å². The first-order valence-electron chi connectivity index (χ1n) is 6.85. The smallest absolute Gasteiger partial charge is 0.00970 e. The Morgan fingerprint density at radius 2 is 1.13 bits per heavy atom. The van der Waals surface area contributed by atoms with Crippen LogP contribution in [0.3, 0.4) is 0 Å². The fraction of sp³-hybridized carbons (Fsp3) is 1.00. The van der Waals surface area contributed by atoms with Gasteiger partial charge in [-0.1, -0.05) is 64.7 Å². The summed E-state index contributed by atoms with van der Waals surface area (Å²) in [4.78, 5) is 0. The van der Waals surface area contributed by atoms with E-state index in [1.54, 1.807) is 0 Å². The van der Waals surface area contributed by atoms with Crippen molar-refractivity contribution in [3.8, 4) is 0 Å². The van der Waals surface area contributed by atoms with E-state index >= 15 is 0 Å². The summed E-state index contributed by atoms with van der Waals surface area (Å²) in [6.45, 7) is 6.52. The molecule has 0 atom stereocenters. The average Bonchev–Trinajstić information content (AvgIpc) is 2.14. The minimum Gasteiger partial charge on any atom is -0.326 e. The van der Waals surface area contributed by atoms with Gasteiger partial charge in [0.05, 0.1) is 0 Å². The molecule has 15 heavy (non-hydrogen) atoms. The van der Waals surface area contributed by atoms with Gasteiger partial charge < -0.3 is 5.73 Å². The van der Waals surface area contributed by atoms with Crippen LogP contribution < -0.4 is 5.73 Å². The first kappa shape index (κ1) is 15.0. The standard InChI is InChI=1S/C14H31N/c1-4-5-6-7-8-9-10-11-12-13-14(2,3)15/h4-13,15H2,1-3H3. The highest BCUT2D eigenvalue weighted by molar-refractivity contribution is 4.70. The second kappa shape index (κ2) is 9.21. The van der Waals surface area contributed by atoms with Crippen molar-refractivity contribution in [2.24, 2.45) is 5.73 Å². The summed E-state index contributed by atoms with van der Waals surface area (Å²) >= 11 is 0. The Morgan fingerprint density at radius 1 is 0.733 bits per heavy atom. The lowest BCUT2D eigenvalue weighted by molar-refractivity contribution is 0.440. The molecule has 0 heterocycles.